The largest absolute Gasteiger partial charge is 0.381 e. The van der Waals surface area contributed by atoms with E-state index in [0.29, 0.717) is 36.3 Å². The first-order valence-corrected chi connectivity index (χ1v) is 9.47. The maximum Gasteiger partial charge on any atom is 0.255 e. The summed E-state index contributed by atoms with van der Waals surface area (Å²) in [6, 6.07) is 7.18. The number of ether oxygens (including phenoxy) is 2. The summed E-state index contributed by atoms with van der Waals surface area (Å²) in [5.74, 6) is 0.780. The molecular formula is C20H28N2O4. The molecule has 1 aromatic carbocycles. The Labute approximate surface area is 154 Å². The number of nitrogens with one attached hydrogen (secondary N) is 1. The Kier molecular flexibility index (Phi) is 6.63. The lowest BCUT2D eigenvalue weighted by Crippen LogP contribution is -2.38. The normalized spacial score (nSPS) is 21.0. The number of rotatable bonds is 6. The number of carbonyl (C=O) groups excluding carboxylic acids is 2. The number of likely N-dealkylation sites (tertiary alicyclic amines) is 1. The zero-order valence-corrected chi connectivity index (χ0v) is 15.4. The summed E-state index contributed by atoms with van der Waals surface area (Å²) < 4.78 is 10.8. The van der Waals surface area contributed by atoms with Gasteiger partial charge in [0.25, 0.3) is 5.91 Å². The lowest BCUT2D eigenvalue weighted by atomic mass is 9.98. The number of hydrogen-bond donors (Lipinski definition) is 1. The first-order valence-electron chi connectivity index (χ1n) is 9.47. The van der Waals surface area contributed by atoms with Gasteiger partial charge in [-0.1, -0.05) is 19.1 Å². The predicted octanol–water partition coefficient (Wildman–Crippen LogP) is 2.55. The van der Waals surface area contributed by atoms with Crippen LogP contribution in [0, 0.1) is 11.8 Å². The monoisotopic (exact) mass is 360 g/mol. The van der Waals surface area contributed by atoms with Crippen LogP contribution < -0.4 is 5.32 Å². The van der Waals surface area contributed by atoms with E-state index in [0.717, 1.165) is 39.0 Å². The second kappa shape index (κ2) is 9.14. The maximum absolute atomic E-state index is 12.8. The van der Waals surface area contributed by atoms with Gasteiger partial charge >= 0.3 is 0 Å². The Balaban J connectivity index is 1.54. The molecular weight excluding hydrogens is 332 g/mol. The summed E-state index contributed by atoms with van der Waals surface area (Å²) in [4.78, 5) is 26.9. The molecule has 1 aromatic rings. The summed E-state index contributed by atoms with van der Waals surface area (Å²) in [5.41, 5.74) is 1.09. The highest BCUT2D eigenvalue weighted by atomic mass is 16.5. The Bertz CT molecular complexity index is 620. The Hall–Kier alpha value is -1.92. The standard InChI is InChI=1S/C20H28N2O4/c1-15-6-9-22(10-7-15)20(24)17-4-2-3-5-18(17)21-19(23)14-26-13-16-8-11-25-12-16/h2-5,15-16H,6-14H2,1H3,(H,21,23). The van der Waals surface area contributed by atoms with Gasteiger partial charge in [-0.2, -0.15) is 0 Å². The fourth-order valence-corrected chi connectivity index (χ4v) is 3.38. The summed E-state index contributed by atoms with van der Waals surface area (Å²) >= 11 is 0. The minimum atomic E-state index is -0.239. The summed E-state index contributed by atoms with van der Waals surface area (Å²) in [6.07, 6.45) is 3.03. The van der Waals surface area contributed by atoms with Crippen molar-refractivity contribution in [1.82, 2.24) is 4.90 Å². The van der Waals surface area contributed by atoms with Crippen LogP contribution in [0.15, 0.2) is 24.3 Å². The van der Waals surface area contributed by atoms with Crippen LogP contribution in [0.4, 0.5) is 5.69 Å². The molecule has 0 radical (unpaired) electrons. The molecule has 6 nitrogen and oxygen atoms in total. The third kappa shape index (κ3) is 5.05. The van der Waals surface area contributed by atoms with Crippen molar-refractivity contribution in [3.8, 4) is 0 Å². The minimum absolute atomic E-state index is 0.0136. The van der Waals surface area contributed by atoms with Gasteiger partial charge in [-0.25, -0.2) is 0 Å². The molecule has 26 heavy (non-hydrogen) atoms. The van der Waals surface area contributed by atoms with E-state index in [1.54, 1.807) is 12.1 Å². The Morgan fingerprint density at radius 2 is 2.00 bits per heavy atom. The van der Waals surface area contributed by atoms with E-state index in [2.05, 4.69) is 12.2 Å². The van der Waals surface area contributed by atoms with Crippen LogP contribution in [0.3, 0.4) is 0 Å². The molecule has 2 heterocycles. The lowest BCUT2D eigenvalue weighted by molar-refractivity contribution is -0.121. The lowest BCUT2D eigenvalue weighted by Gasteiger charge is -2.30. The number of carbonyl (C=O) groups is 2. The molecule has 2 fully saturated rings. The van der Waals surface area contributed by atoms with E-state index in [1.807, 2.05) is 17.0 Å². The third-order valence-corrected chi connectivity index (χ3v) is 5.11. The molecule has 2 saturated heterocycles. The van der Waals surface area contributed by atoms with Crippen molar-refractivity contribution in [3.05, 3.63) is 29.8 Å². The van der Waals surface area contributed by atoms with E-state index in [9.17, 15) is 9.59 Å². The molecule has 0 spiro atoms. The molecule has 1 atom stereocenters. The number of anilines is 1. The molecule has 6 heteroatoms. The van der Waals surface area contributed by atoms with Gasteiger partial charge in [-0.15, -0.1) is 0 Å². The SMILES string of the molecule is CC1CCN(C(=O)c2ccccc2NC(=O)COCC2CCOC2)CC1. The van der Waals surface area contributed by atoms with Gasteiger partial charge in [0, 0.05) is 25.6 Å². The predicted molar refractivity (Wildman–Crippen MR) is 99.1 cm³/mol. The Morgan fingerprint density at radius 3 is 2.73 bits per heavy atom. The second-order valence-electron chi connectivity index (χ2n) is 7.31. The number of benzene rings is 1. The quantitative estimate of drug-likeness (QED) is 0.847. The van der Waals surface area contributed by atoms with E-state index in [-0.39, 0.29) is 18.4 Å². The summed E-state index contributed by atoms with van der Waals surface area (Å²) in [5, 5.41) is 2.82. The zero-order valence-electron chi connectivity index (χ0n) is 15.4. The molecule has 0 saturated carbocycles. The maximum atomic E-state index is 12.8. The van der Waals surface area contributed by atoms with Crippen LogP contribution in [0.5, 0.6) is 0 Å². The van der Waals surface area contributed by atoms with Crippen molar-refractivity contribution < 1.29 is 19.1 Å². The Morgan fingerprint density at radius 1 is 1.23 bits per heavy atom. The second-order valence-corrected chi connectivity index (χ2v) is 7.31. The van der Waals surface area contributed by atoms with Gasteiger partial charge in [0.15, 0.2) is 0 Å². The van der Waals surface area contributed by atoms with Crippen molar-refractivity contribution in [1.29, 1.82) is 0 Å². The molecule has 142 valence electrons. The van der Waals surface area contributed by atoms with Gasteiger partial charge in [-0.3, -0.25) is 9.59 Å². The summed E-state index contributed by atoms with van der Waals surface area (Å²) in [6.45, 7) is 5.75. The molecule has 2 aliphatic heterocycles. The van der Waals surface area contributed by atoms with Crippen molar-refractivity contribution in [3.63, 3.8) is 0 Å². The fraction of sp³-hybridized carbons (Fsp3) is 0.600. The number of piperidine rings is 1. The molecule has 0 bridgehead atoms. The molecule has 3 rings (SSSR count). The first-order chi connectivity index (χ1) is 12.6. The van der Waals surface area contributed by atoms with Crippen LogP contribution in [-0.4, -0.2) is 56.2 Å². The van der Waals surface area contributed by atoms with E-state index in [1.165, 1.54) is 0 Å². The van der Waals surface area contributed by atoms with E-state index in [4.69, 9.17) is 9.47 Å². The van der Waals surface area contributed by atoms with Crippen molar-refractivity contribution in [2.45, 2.75) is 26.2 Å². The molecule has 0 aromatic heterocycles. The van der Waals surface area contributed by atoms with Crippen LogP contribution >= 0.6 is 0 Å². The van der Waals surface area contributed by atoms with Gasteiger partial charge in [0.1, 0.15) is 6.61 Å². The zero-order chi connectivity index (χ0) is 18.4. The minimum Gasteiger partial charge on any atom is -0.381 e. The van der Waals surface area contributed by atoms with Crippen LogP contribution in [-0.2, 0) is 14.3 Å². The van der Waals surface area contributed by atoms with Gasteiger partial charge < -0.3 is 19.7 Å². The first kappa shape index (κ1) is 18.9. The third-order valence-electron chi connectivity index (χ3n) is 5.11. The highest BCUT2D eigenvalue weighted by molar-refractivity contribution is 6.04. The van der Waals surface area contributed by atoms with E-state index >= 15 is 0 Å². The number of hydrogen-bond acceptors (Lipinski definition) is 4. The number of nitrogens with zero attached hydrogens (tertiary/aromatic N) is 1. The van der Waals surface area contributed by atoms with Crippen LogP contribution in [0.25, 0.3) is 0 Å². The van der Waals surface area contributed by atoms with Gasteiger partial charge in [0.05, 0.1) is 24.5 Å². The number of amides is 2. The average Bonchev–Trinajstić information content (AvgIpc) is 3.16. The topological polar surface area (TPSA) is 67.9 Å². The highest BCUT2D eigenvalue weighted by Gasteiger charge is 2.23. The average molecular weight is 360 g/mol. The fourth-order valence-electron chi connectivity index (χ4n) is 3.38. The number of para-hydroxylation sites is 1. The van der Waals surface area contributed by atoms with Crippen LogP contribution in [0.2, 0.25) is 0 Å². The molecule has 2 aliphatic rings. The van der Waals surface area contributed by atoms with Crippen molar-refractivity contribution >= 4 is 17.5 Å². The summed E-state index contributed by atoms with van der Waals surface area (Å²) in [7, 11) is 0. The molecule has 2 amide bonds. The van der Waals surface area contributed by atoms with Crippen molar-refractivity contribution in [2.75, 3.05) is 44.8 Å². The van der Waals surface area contributed by atoms with E-state index < -0.39 is 0 Å². The van der Waals surface area contributed by atoms with Crippen molar-refractivity contribution in [2.24, 2.45) is 11.8 Å². The molecule has 0 aliphatic carbocycles. The van der Waals surface area contributed by atoms with Gasteiger partial charge in [-0.05, 0) is 37.3 Å². The highest BCUT2D eigenvalue weighted by Crippen LogP contribution is 2.22. The van der Waals surface area contributed by atoms with Gasteiger partial charge in [0.2, 0.25) is 5.91 Å². The molecule has 1 N–H and O–H groups in total. The smallest absolute Gasteiger partial charge is 0.255 e. The molecule has 1 unspecified atom stereocenters. The van der Waals surface area contributed by atoms with Crippen LogP contribution in [0.1, 0.15) is 36.5 Å².